The van der Waals surface area contributed by atoms with Crippen molar-refractivity contribution in [2.75, 3.05) is 6.54 Å². The molecule has 0 bridgehead atoms. The second-order valence-corrected chi connectivity index (χ2v) is 7.83. The summed E-state index contributed by atoms with van der Waals surface area (Å²) in [5, 5.41) is 5.95. The lowest BCUT2D eigenvalue weighted by Crippen LogP contribution is -2.39. The molecule has 1 amide bonds. The maximum Gasteiger partial charge on any atom is 0.307 e. The largest absolute Gasteiger partial charge is 0.334 e. The van der Waals surface area contributed by atoms with Crippen molar-refractivity contribution in [1.82, 2.24) is 19.6 Å². The fraction of sp³-hybridized carbons (Fsp3) is 0.400. The number of carbonyl (C=O) groups excluding carboxylic acids is 1. The Morgan fingerprint density at radius 1 is 1.25 bits per heavy atom. The van der Waals surface area contributed by atoms with Crippen LogP contribution in [0.4, 0.5) is 0 Å². The molecular formula is C20H22N4O3S. The first kappa shape index (κ1) is 18.6. The highest BCUT2D eigenvalue weighted by Gasteiger charge is 2.31. The molecular weight excluding hydrogens is 376 g/mol. The highest BCUT2D eigenvalue weighted by atomic mass is 32.1. The van der Waals surface area contributed by atoms with Crippen molar-refractivity contribution in [2.45, 2.75) is 45.2 Å². The van der Waals surface area contributed by atoms with E-state index in [4.69, 9.17) is 4.52 Å². The van der Waals surface area contributed by atoms with Crippen molar-refractivity contribution in [3.05, 3.63) is 56.9 Å². The number of likely N-dealkylation sites (tertiary alicyclic amines) is 1. The van der Waals surface area contributed by atoms with E-state index in [0.717, 1.165) is 48.3 Å². The fourth-order valence-corrected chi connectivity index (χ4v) is 4.30. The Bertz CT molecular complexity index is 1010. The van der Waals surface area contributed by atoms with Gasteiger partial charge in [-0.1, -0.05) is 47.5 Å². The molecule has 1 aliphatic rings. The van der Waals surface area contributed by atoms with E-state index >= 15 is 0 Å². The number of thiazole rings is 1. The van der Waals surface area contributed by atoms with Crippen LogP contribution in [0.15, 0.2) is 45.0 Å². The van der Waals surface area contributed by atoms with Gasteiger partial charge in [0.15, 0.2) is 5.82 Å². The van der Waals surface area contributed by atoms with Crippen molar-refractivity contribution < 1.29 is 9.32 Å². The molecule has 1 fully saturated rings. The molecule has 146 valence electrons. The van der Waals surface area contributed by atoms with Crippen LogP contribution in [0.1, 0.15) is 43.2 Å². The quantitative estimate of drug-likeness (QED) is 0.673. The van der Waals surface area contributed by atoms with E-state index in [1.54, 1.807) is 5.38 Å². The summed E-state index contributed by atoms with van der Waals surface area (Å²) >= 11 is 1.12. The average Bonchev–Trinajstić information content (AvgIpc) is 3.23. The van der Waals surface area contributed by atoms with Gasteiger partial charge in [0.25, 0.3) is 5.89 Å². The molecule has 0 saturated carbocycles. The van der Waals surface area contributed by atoms with Crippen molar-refractivity contribution in [3.8, 4) is 11.5 Å². The fourth-order valence-electron chi connectivity index (χ4n) is 3.57. The van der Waals surface area contributed by atoms with Crippen molar-refractivity contribution >= 4 is 17.2 Å². The standard InChI is InChI=1S/C20H22N4O3S/c1-14-13-28-20(26)24(14)12-17(25)23-11-7-3-6-10-16(23)18-21-19(27-22-18)15-8-4-2-5-9-15/h2,4-5,8-9,13,16H,3,6-7,10-12H2,1H3/t16-/m0/s1. The minimum absolute atomic E-state index is 0.0497. The maximum absolute atomic E-state index is 13.1. The van der Waals surface area contributed by atoms with Crippen LogP contribution in [-0.4, -0.2) is 32.1 Å². The number of aryl methyl sites for hydroxylation is 1. The van der Waals surface area contributed by atoms with Crippen LogP contribution in [0.2, 0.25) is 0 Å². The zero-order chi connectivity index (χ0) is 19.5. The minimum Gasteiger partial charge on any atom is -0.334 e. The van der Waals surface area contributed by atoms with E-state index in [1.807, 2.05) is 42.2 Å². The van der Waals surface area contributed by atoms with Crippen LogP contribution in [0.25, 0.3) is 11.5 Å². The number of rotatable bonds is 4. The number of amides is 1. The Labute approximate surface area is 166 Å². The summed E-state index contributed by atoms with van der Waals surface area (Å²) in [6.45, 7) is 2.53. The van der Waals surface area contributed by atoms with Gasteiger partial charge in [-0.3, -0.25) is 14.2 Å². The summed E-state index contributed by atoms with van der Waals surface area (Å²) in [4.78, 5) is 31.4. The zero-order valence-corrected chi connectivity index (χ0v) is 16.5. The number of nitrogens with zero attached hydrogens (tertiary/aromatic N) is 4. The lowest BCUT2D eigenvalue weighted by molar-refractivity contribution is -0.134. The Kier molecular flexibility index (Phi) is 5.38. The SMILES string of the molecule is Cc1csc(=O)n1CC(=O)N1CCCCC[C@H]1c1noc(-c2ccccc2)n1. The zero-order valence-electron chi connectivity index (χ0n) is 15.7. The molecule has 1 saturated heterocycles. The highest BCUT2D eigenvalue weighted by molar-refractivity contribution is 7.07. The van der Waals surface area contributed by atoms with Gasteiger partial charge < -0.3 is 9.42 Å². The van der Waals surface area contributed by atoms with Gasteiger partial charge >= 0.3 is 4.87 Å². The summed E-state index contributed by atoms with van der Waals surface area (Å²) in [5.74, 6) is 0.905. The molecule has 1 aliphatic heterocycles. The minimum atomic E-state index is -0.231. The maximum atomic E-state index is 13.1. The number of benzene rings is 1. The van der Waals surface area contributed by atoms with E-state index in [2.05, 4.69) is 10.1 Å². The van der Waals surface area contributed by atoms with Crippen LogP contribution in [0, 0.1) is 6.92 Å². The van der Waals surface area contributed by atoms with Crippen molar-refractivity contribution in [3.63, 3.8) is 0 Å². The predicted octanol–water partition coefficient (Wildman–Crippen LogP) is 3.41. The third kappa shape index (κ3) is 3.77. The molecule has 3 heterocycles. The molecule has 0 radical (unpaired) electrons. The number of hydrogen-bond donors (Lipinski definition) is 0. The molecule has 0 N–H and O–H groups in total. The van der Waals surface area contributed by atoms with Gasteiger partial charge in [-0.2, -0.15) is 4.98 Å². The van der Waals surface area contributed by atoms with Gasteiger partial charge in [0.1, 0.15) is 6.54 Å². The molecule has 2 aromatic heterocycles. The summed E-state index contributed by atoms with van der Waals surface area (Å²) in [5.41, 5.74) is 1.66. The highest BCUT2D eigenvalue weighted by Crippen LogP contribution is 2.30. The molecule has 7 nitrogen and oxygen atoms in total. The lowest BCUT2D eigenvalue weighted by Gasteiger charge is -2.28. The third-order valence-corrected chi connectivity index (χ3v) is 5.98. The van der Waals surface area contributed by atoms with Gasteiger partial charge in [0.2, 0.25) is 5.91 Å². The first-order chi connectivity index (χ1) is 13.6. The Morgan fingerprint density at radius 2 is 2.07 bits per heavy atom. The smallest absolute Gasteiger partial charge is 0.307 e. The molecule has 3 aromatic rings. The summed E-state index contributed by atoms with van der Waals surface area (Å²) < 4.78 is 6.99. The van der Waals surface area contributed by atoms with Gasteiger partial charge in [0, 0.05) is 23.2 Å². The van der Waals surface area contributed by atoms with Gasteiger partial charge in [-0.15, -0.1) is 0 Å². The van der Waals surface area contributed by atoms with Gasteiger partial charge in [-0.25, -0.2) is 0 Å². The lowest BCUT2D eigenvalue weighted by atomic mass is 10.1. The molecule has 0 unspecified atom stereocenters. The number of aromatic nitrogens is 3. The molecule has 8 heteroatoms. The second-order valence-electron chi connectivity index (χ2n) is 7.01. The van der Waals surface area contributed by atoms with Crippen molar-refractivity contribution in [1.29, 1.82) is 0 Å². The van der Waals surface area contributed by atoms with Crippen LogP contribution >= 0.6 is 11.3 Å². The van der Waals surface area contributed by atoms with E-state index in [0.29, 0.717) is 18.3 Å². The monoisotopic (exact) mass is 398 g/mol. The normalized spacial score (nSPS) is 17.5. The summed E-state index contributed by atoms with van der Waals surface area (Å²) in [6.07, 6.45) is 3.78. The van der Waals surface area contributed by atoms with E-state index in [1.165, 1.54) is 4.57 Å². The van der Waals surface area contributed by atoms with Crippen LogP contribution in [-0.2, 0) is 11.3 Å². The third-order valence-electron chi connectivity index (χ3n) is 5.10. The number of carbonyl (C=O) groups is 1. The van der Waals surface area contributed by atoms with E-state index < -0.39 is 0 Å². The van der Waals surface area contributed by atoms with Gasteiger partial charge in [-0.05, 0) is 31.9 Å². The molecule has 1 aromatic carbocycles. The average molecular weight is 398 g/mol. The van der Waals surface area contributed by atoms with Crippen molar-refractivity contribution in [2.24, 2.45) is 0 Å². The van der Waals surface area contributed by atoms with Crippen LogP contribution in [0.3, 0.4) is 0 Å². The van der Waals surface area contributed by atoms with E-state index in [9.17, 15) is 9.59 Å². The first-order valence-electron chi connectivity index (χ1n) is 9.47. The Balaban J connectivity index is 1.60. The molecule has 0 spiro atoms. The Morgan fingerprint density at radius 3 is 2.82 bits per heavy atom. The number of hydrogen-bond acceptors (Lipinski definition) is 6. The second kappa shape index (κ2) is 8.10. The van der Waals surface area contributed by atoms with Crippen LogP contribution < -0.4 is 4.87 Å². The molecule has 28 heavy (non-hydrogen) atoms. The topological polar surface area (TPSA) is 81.2 Å². The summed E-state index contributed by atoms with van der Waals surface area (Å²) in [7, 11) is 0. The predicted molar refractivity (Wildman–Crippen MR) is 106 cm³/mol. The van der Waals surface area contributed by atoms with Gasteiger partial charge in [0.05, 0.1) is 6.04 Å². The Hall–Kier alpha value is -2.74. The molecule has 1 atom stereocenters. The first-order valence-corrected chi connectivity index (χ1v) is 10.3. The summed E-state index contributed by atoms with van der Waals surface area (Å²) in [6, 6.07) is 9.37. The van der Waals surface area contributed by atoms with Crippen LogP contribution in [0.5, 0.6) is 0 Å². The van der Waals surface area contributed by atoms with E-state index in [-0.39, 0.29) is 23.4 Å². The molecule has 4 rings (SSSR count). The molecule has 0 aliphatic carbocycles.